The normalized spacial score (nSPS) is 10.8. The van der Waals surface area contributed by atoms with Crippen molar-refractivity contribution in [1.82, 2.24) is 15.1 Å². The zero-order valence-electron chi connectivity index (χ0n) is 12.7. The predicted octanol–water partition coefficient (Wildman–Crippen LogP) is 3.10. The highest BCUT2D eigenvalue weighted by Gasteiger charge is 2.19. The smallest absolute Gasteiger partial charge is 0.274 e. The molecule has 0 atom stereocenters. The van der Waals surface area contributed by atoms with Gasteiger partial charge in [-0.2, -0.15) is 5.10 Å². The molecule has 5 nitrogen and oxygen atoms in total. The lowest BCUT2D eigenvalue weighted by molar-refractivity contribution is 0.0779. The molecule has 0 saturated heterocycles. The Bertz CT molecular complexity index is 987. The van der Waals surface area contributed by atoms with Gasteiger partial charge < -0.3 is 4.90 Å². The molecular formula is C17H13BrFN3O2. The van der Waals surface area contributed by atoms with Gasteiger partial charge in [0.15, 0.2) is 5.69 Å². The van der Waals surface area contributed by atoms with Crippen molar-refractivity contribution < 1.29 is 9.18 Å². The summed E-state index contributed by atoms with van der Waals surface area (Å²) in [4.78, 5) is 25.8. The Morgan fingerprint density at radius 1 is 1.25 bits per heavy atom. The van der Waals surface area contributed by atoms with Crippen molar-refractivity contribution in [3.05, 3.63) is 74.4 Å². The molecule has 3 rings (SSSR count). The molecule has 0 aliphatic heterocycles. The molecule has 0 aliphatic carbocycles. The van der Waals surface area contributed by atoms with Gasteiger partial charge in [0.2, 0.25) is 0 Å². The van der Waals surface area contributed by atoms with Gasteiger partial charge in [0.1, 0.15) is 5.82 Å². The first kappa shape index (κ1) is 16.3. The predicted molar refractivity (Wildman–Crippen MR) is 92.3 cm³/mol. The summed E-state index contributed by atoms with van der Waals surface area (Å²) >= 11 is 3.29. The number of carbonyl (C=O) groups excluding carboxylic acids is 1. The third kappa shape index (κ3) is 3.07. The van der Waals surface area contributed by atoms with Gasteiger partial charge in [-0.15, -0.1) is 0 Å². The maximum atomic E-state index is 13.9. The summed E-state index contributed by atoms with van der Waals surface area (Å²) in [5, 5.41) is 7.06. The molecule has 7 heteroatoms. The van der Waals surface area contributed by atoms with E-state index in [0.717, 1.165) is 4.47 Å². The van der Waals surface area contributed by atoms with Crippen molar-refractivity contribution in [2.45, 2.75) is 6.54 Å². The van der Waals surface area contributed by atoms with Crippen LogP contribution in [0.15, 0.2) is 51.7 Å². The molecule has 1 amide bonds. The average molecular weight is 390 g/mol. The fourth-order valence-corrected chi connectivity index (χ4v) is 2.86. The second-order valence-corrected chi connectivity index (χ2v) is 6.26. The maximum absolute atomic E-state index is 13.9. The van der Waals surface area contributed by atoms with E-state index in [1.165, 1.54) is 11.0 Å². The standard InChI is InChI=1S/C17H13BrFN3O2/c1-22(9-10-8-11(18)6-7-14(10)19)17(24)15-12-4-2-3-5-13(12)16(23)21-20-15/h2-8H,9H2,1H3,(H,21,23). The number of benzene rings is 2. The minimum atomic E-state index is -0.401. The van der Waals surface area contributed by atoms with Crippen molar-refractivity contribution in [2.24, 2.45) is 0 Å². The first-order chi connectivity index (χ1) is 11.5. The third-order valence-electron chi connectivity index (χ3n) is 3.66. The van der Waals surface area contributed by atoms with E-state index in [1.807, 2.05) is 0 Å². The Labute approximate surface area is 145 Å². The molecule has 24 heavy (non-hydrogen) atoms. The number of rotatable bonds is 3. The molecule has 1 heterocycles. The van der Waals surface area contributed by atoms with E-state index in [4.69, 9.17) is 0 Å². The molecule has 0 saturated carbocycles. The van der Waals surface area contributed by atoms with E-state index in [-0.39, 0.29) is 17.8 Å². The van der Waals surface area contributed by atoms with Gasteiger partial charge in [-0.25, -0.2) is 9.49 Å². The van der Waals surface area contributed by atoms with Crippen molar-refractivity contribution in [1.29, 1.82) is 0 Å². The molecule has 0 spiro atoms. The number of nitrogens with zero attached hydrogens (tertiary/aromatic N) is 2. The molecule has 3 aromatic rings. The number of hydrogen-bond acceptors (Lipinski definition) is 3. The van der Waals surface area contributed by atoms with Gasteiger partial charge in [-0.05, 0) is 24.3 Å². The number of aromatic amines is 1. The van der Waals surface area contributed by atoms with Crippen molar-refractivity contribution in [2.75, 3.05) is 7.05 Å². The quantitative estimate of drug-likeness (QED) is 0.748. The Hall–Kier alpha value is -2.54. The average Bonchev–Trinajstić information content (AvgIpc) is 2.58. The lowest BCUT2D eigenvalue weighted by atomic mass is 10.1. The topological polar surface area (TPSA) is 66.1 Å². The molecule has 0 bridgehead atoms. The lowest BCUT2D eigenvalue weighted by Gasteiger charge is -2.18. The molecule has 1 N–H and O–H groups in total. The Morgan fingerprint density at radius 3 is 2.71 bits per heavy atom. The second-order valence-electron chi connectivity index (χ2n) is 5.34. The SMILES string of the molecule is CN(Cc1cc(Br)ccc1F)C(=O)c1n[nH]c(=O)c2ccccc12. The highest BCUT2D eigenvalue weighted by atomic mass is 79.9. The number of aromatic nitrogens is 2. The van der Waals surface area contributed by atoms with Crippen LogP contribution in [0.3, 0.4) is 0 Å². The van der Waals surface area contributed by atoms with Crippen LogP contribution in [0.2, 0.25) is 0 Å². The number of halogens is 2. The number of carbonyl (C=O) groups is 1. The van der Waals surface area contributed by atoms with Gasteiger partial charge >= 0.3 is 0 Å². The van der Waals surface area contributed by atoms with Crippen LogP contribution in [-0.2, 0) is 6.54 Å². The van der Waals surface area contributed by atoms with E-state index in [0.29, 0.717) is 16.3 Å². The molecule has 0 radical (unpaired) electrons. The Morgan fingerprint density at radius 2 is 1.96 bits per heavy atom. The summed E-state index contributed by atoms with van der Waals surface area (Å²) in [5.74, 6) is -0.793. The summed E-state index contributed by atoms with van der Waals surface area (Å²) in [6.07, 6.45) is 0. The molecule has 1 aromatic heterocycles. The first-order valence-corrected chi connectivity index (χ1v) is 7.93. The Kier molecular flexibility index (Phi) is 4.44. The molecule has 0 fully saturated rings. The number of hydrogen-bond donors (Lipinski definition) is 1. The highest BCUT2D eigenvalue weighted by molar-refractivity contribution is 9.10. The Balaban J connectivity index is 1.96. The largest absolute Gasteiger partial charge is 0.336 e. The zero-order chi connectivity index (χ0) is 17.3. The van der Waals surface area contributed by atoms with Crippen LogP contribution in [0.25, 0.3) is 10.8 Å². The van der Waals surface area contributed by atoms with Crippen molar-refractivity contribution in [3.63, 3.8) is 0 Å². The van der Waals surface area contributed by atoms with Crippen LogP contribution in [-0.4, -0.2) is 28.1 Å². The molecule has 0 aliphatic rings. The van der Waals surface area contributed by atoms with Crippen LogP contribution in [0, 0.1) is 5.82 Å². The van der Waals surface area contributed by atoms with E-state index < -0.39 is 11.7 Å². The minimum Gasteiger partial charge on any atom is -0.336 e. The van der Waals surface area contributed by atoms with Crippen LogP contribution in [0.4, 0.5) is 4.39 Å². The van der Waals surface area contributed by atoms with Gasteiger partial charge in [-0.3, -0.25) is 9.59 Å². The summed E-state index contributed by atoms with van der Waals surface area (Å²) in [6.45, 7) is 0.0826. The maximum Gasteiger partial charge on any atom is 0.274 e. The summed E-state index contributed by atoms with van der Waals surface area (Å²) in [7, 11) is 1.56. The number of H-pyrrole nitrogens is 1. The summed E-state index contributed by atoms with van der Waals surface area (Å²) in [5.41, 5.74) is 0.153. The second kappa shape index (κ2) is 6.52. The molecule has 2 aromatic carbocycles. The van der Waals surface area contributed by atoms with Crippen LogP contribution in [0.1, 0.15) is 16.1 Å². The van der Waals surface area contributed by atoms with Gasteiger partial charge in [-0.1, -0.05) is 34.1 Å². The summed E-state index contributed by atoms with van der Waals surface area (Å²) in [6, 6.07) is 11.3. The van der Waals surface area contributed by atoms with E-state index in [9.17, 15) is 14.0 Å². The van der Waals surface area contributed by atoms with Crippen LogP contribution < -0.4 is 5.56 Å². The van der Waals surface area contributed by atoms with Crippen molar-refractivity contribution >= 4 is 32.6 Å². The fourth-order valence-electron chi connectivity index (χ4n) is 2.45. The van der Waals surface area contributed by atoms with Gasteiger partial charge in [0, 0.05) is 29.0 Å². The first-order valence-electron chi connectivity index (χ1n) is 7.14. The molecule has 122 valence electrons. The van der Waals surface area contributed by atoms with Gasteiger partial charge in [0.05, 0.1) is 5.39 Å². The number of amides is 1. The zero-order valence-corrected chi connectivity index (χ0v) is 14.3. The highest BCUT2D eigenvalue weighted by Crippen LogP contribution is 2.19. The van der Waals surface area contributed by atoms with E-state index in [1.54, 1.807) is 43.4 Å². The van der Waals surface area contributed by atoms with Gasteiger partial charge in [0.25, 0.3) is 11.5 Å². The molecular weight excluding hydrogens is 377 g/mol. The minimum absolute atomic E-state index is 0.0826. The lowest BCUT2D eigenvalue weighted by Crippen LogP contribution is -2.29. The van der Waals surface area contributed by atoms with E-state index >= 15 is 0 Å². The third-order valence-corrected chi connectivity index (χ3v) is 4.15. The van der Waals surface area contributed by atoms with Crippen molar-refractivity contribution in [3.8, 4) is 0 Å². The molecule has 0 unspecified atom stereocenters. The van der Waals surface area contributed by atoms with Crippen LogP contribution >= 0.6 is 15.9 Å². The number of fused-ring (bicyclic) bond motifs is 1. The van der Waals surface area contributed by atoms with Crippen LogP contribution in [0.5, 0.6) is 0 Å². The number of nitrogens with one attached hydrogen (secondary N) is 1. The monoisotopic (exact) mass is 389 g/mol. The summed E-state index contributed by atoms with van der Waals surface area (Å²) < 4.78 is 14.6. The van der Waals surface area contributed by atoms with E-state index in [2.05, 4.69) is 26.1 Å². The fraction of sp³-hybridized carbons (Fsp3) is 0.118.